The molecule has 0 radical (unpaired) electrons. The normalized spacial score (nSPS) is 11.7. The van der Waals surface area contributed by atoms with E-state index in [-0.39, 0.29) is 12.2 Å². The minimum atomic E-state index is -1.21. The Morgan fingerprint density at radius 2 is 1.38 bits per heavy atom. The van der Waals surface area contributed by atoms with Crippen molar-refractivity contribution < 1.29 is 23.9 Å². The van der Waals surface area contributed by atoms with Gasteiger partial charge in [0.05, 0.1) is 14.2 Å². The highest BCUT2D eigenvalue weighted by Gasteiger charge is 2.39. The van der Waals surface area contributed by atoms with Crippen LogP contribution in [0.15, 0.2) is 54.6 Å². The van der Waals surface area contributed by atoms with Gasteiger partial charge >= 0.3 is 11.9 Å². The molecule has 0 heterocycles. The van der Waals surface area contributed by atoms with E-state index < -0.39 is 23.8 Å². The van der Waals surface area contributed by atoms with Crippen molar-refractivity contribution in [3.05, 3.63) is 71.3 Å². The van der Waals surface area contributed by atoms with Gasteiger partial charge < -0.3 is 9.47 Å². The first-order chi connectivity index (χ1) is 12.5. The number of carbonyl (C=O) groups is 3. The molecule has 26 heavy (non-hydrogen) atoms. The summed E-state index contributed by atoms with van der Waals surface area (Å²) in [6, 6.07) is 16.2. The monoisotopic (exact) mass is 354 g/mol. The highest BCUT2D eigenvalue weighted by atomic mass is 16.5. The van der Waals surface area contributed by atoms with Crippen LogP contribution in [-0.4, -0.2) is 31.9 Å². The van der Waals surface area contributed by atoms with Gasteiger partial charge in [-0.25, -0.2) is 0 Å². The summed E-state index contributed by atoms with van der Waals surface area (Å²) in [7, 11) is 2.42. The molecule has 0 unspecified atom stereocenters. The number of Topliss-reactive ketones (excluding diaryl/α,β-unsaturated/α-hetero) is 1. The summed E-state index contributed by atoms with van der Waals surface area (Å²) >= 11 is 0. The number of aryl methyl sites for hydroxylation is 1. The van der Waals surface area contributed by atoms with E-state index in [0.29, 0.717) is 11.1 Å². The van der Waals surface area contributed by atoms with Crippen LogP contribution in [0, 0.1) is 12.8 Å². The van der Waals surface area contributed by atoms with E-state index in [4.69, 9.17) is 9.47 Å². The SMILES string of the molecule is COC(=O)C(C(=O)OC)[C@H](CC(=O)c1ccc(C)cc1)c1ccccc1. The van der Waals surface area contributed by atoms with Crippen molar-refractivity contribution in [2.45, 2.75) is 19.3 Å². The Balaban J connectivity index is 2.40. The summed E-state index contributed by atoms with van der Waals surface area (Å²) < 4.78 is 9.58. The summed E-state index contributed by atoms with van der Waals surface area (Å²) in [5, 5.41) is 0. The van der Waals surface area contributed by atoms with Crippen LogP contribution in [0.4, 0.5) is 0 Å². The van der Waals surface area contributed by atoms with Gasteiger partial charge in [-0.15, -0.1) is 0 Å². The molecule has 0 aliphatic heterocycles. The number of rotatable bonds is 7. The molecule has 136 valence electrons. The van der Waals surface area contributed by atoms with E-state index in [0.717, 1.165) is 5.56 Å². The Labute approximate surface area is 152 Å². The number of methoxy groups -OCH3 is 2. The largest absolute Gasteiger partial charge is 0.468 e. The highest BCUT2D eigenvalue weighted by molar-refractivity contribution is 6.00. The van der Waals surface area contributed by atoms with Crippen LogP contribution < -0.4 is 0 Å². The lowest BCUT2D eigenvalue weighted by Crippen LogP contribution is -2.33. The van der Waals surface area contributed by atoms with E-state index in [2.05, 4.69) is 0 Å². The van der Waals surface area contributed by atoms with Crippen LogP contribution in [0.5, 0.6) is 0 Å². The third kappa shape index (κ3) is 4.57. The van der Waals surface area contributed by atoms with Crippen molar-refractivity contribution in [2.75, 3.05) is 14.2 Å². The van der Waals surface area contributed by atoms with Gasteiger partial charge in [0.2, 0.25) is 0 Å². The predicted molar refractivity (Wildman–Crippen MR) is 96.8 cm³/mol. The molecular weight excluding hydrogens is 332 g/mol. The number of hydrogen-bond donors (Lipinski definition) is 0. The Morgan fingerprint density at radius 3 is 1.88 bits per heavy atom. The first kappa shape index (κ1) is 19.4. The molecule has 0 saturated heterocycles. The van der Waals surface area contributed by atoms with Crippen molar-refractivity contribution in [1.82, 2.24) is 0 Å². The number of hydrogen-bond acceptors (Lipinski definition) is 5. The summed E-state index contributed by atoms with van der Waals surface area (Å²) in [5.74, 6) is -3.48. The molecule has 5 nitrogen and oxygen atoms in total. The van der Waals surface area contributed by atoms with E-state index in [1.165, 1.54) is 14.2 Å². The van der Waals surface area contributed by atoms with Crippen LogP contribution in [-0.2, 0) is 19.1 Å². The highest BCUT2D eigenvalue weighted by Crippen LogP contribution is 2.31. The lowest BCUT2D eigenvalue weighted by atomic mass is 9.81. The van der Waals surface area contributed by atoms with Gasteiger partial charge in [-0.05, 0) is 12.5 Å². The molecule has 2 rings (SSSR count). The fourth-order valence-corrected chi connectivity index (χ4v) is 2.86. The van der Waals surface area contributed by atoms with Gasteiger partial charge in [-0.1, -0.05) is 60.2 Å². The molecule has 0 amide bonds. The first-order valence-corrected chi connectivity index (χ1v) is 8.28. The smallest absolute Gasteiger partial charge is 0.320 e. The van der Waals surface area contributed by atoms with Crippen LogP contribution >= 0.6 is 0 Å². The number of benzene rings is 2. The standard InChI is InChI=1S/C21H22O5/c1-14-9-11-16(12-10-14)18(22)13-17(15-7-5-4-6-8-15)19(20(23)25-2)21(24)26-3/h4-12,17,19H,13H2,1-3H3/t17-/m1/s1. The van der Waals surface area contributed by atoms with Crippen molar-refractivity contribution in [3.8, 4) is 0 Å². The molecule has 2 aromatic rings. The lowest BCUT2D eigenvalue weighted by molar-refractivity contribution is -0.159. The van der Waals surface area contributed by atoms with Crippen molar-refractivity contribution in [2.24, 2.45) is 5.92 Å². The minimum absolute atomic E-state index is 0.0120. The van der Waals surface area contributed by atoms with Gasteiger partial charge in [0, 0.05) is 17.9 Å². The Morgan fingerprint density at radius 1 is 0.846 bits per heavy atom. The van der Waals surface area contributed by atoms with Crippen LogP contribution in [0.2, 0.25) is 0 Å². The molecule has 0 aliphatic carbocycles. The molecular formula is C21H22O5. The average molecular weight is 354 g/mol. The first-order valence-electron chi connectivity index (χ1n) is 8.28. The van der Waals surface area contributed by atoms with Gasteiger partial charge in [0.15, 0.2) is 11.7 Å². The van der Waals surface area contributed by atoms with Crippen molar-refractivity contribution >= 4 is 17.7 Å². The third-order valence-corrected chi connectivity index (χ3v) is 4.32. The zero-order chi connectivity index (χ0) is 19.1. The van der Waals surface area contributed by atoms with Gasteiger partial charge in [0.1, 0.15) is 0 Å². The fourth-order valence-electron chi connectivity index (χ4n) is 2.86. The maximum absolute atomic E-state index is 12.8. The summed E-state index contributed by atoms with van der Waals surface area (Å²) in [4.78, 5) is 37.3. The topological polar surface area (TPSA) is 69.7 Å². The Kier molecular flexibility index (Phi) is 6.67. The Hall–Kier alpha value is -2.95. The third-order valence-electron chi connectivity index (χ3n) is 4.32. The molecule has 0 fully saturated rings. The second-order valence-corrected chi connectivity index (χ2v) is 6.03. The van der Waals surface area contributed by atoms with Gasteiger partial charge in [-0.3, -0.25) is 14.4 Å². The quantitative estimate of drug-likeness (QED) is 0.433. The second-order valence-electron chi connectivity index (χ2n) is 6.03. The van der Waals surface area contributed by atoms with E-state index in [9.17, 15) is 14.4 Å². The van der Waals surface area contributed by atoms with Crippen LogP contribution in [0.25, 0.3) is 0 Å². The van der Waals surface area contributed by atoms with Gasteiger partial charge in [-0.2, -0.15) is 0 Å². The predicted octanol–water partition coefficient (Wildman–Crippen LogP) is 3.31. The summed E-state index contributed by atoms with van der Waals surface area (Å²) in [6.07, 6.45) is -0.0120. The zero-order valence-corrected chi connectivity index (χ0v) is 15.1. The van der Waals surface area contributed by atoms with Gasteiger partial charge in [0.25, 0.3) is 0 Å². The zero-order valence-electron chi connectivity index (χ0n) is 15.1. The molecule has 5 heteroatoms. The number of ketones is 1. The van der Waals surface area contributed by atoms with E-state index >= 15 is 0 Å². The molecule has 0 N–H and O–H groups in total. The van der Waals surface area contributed by atoms with Crippen molar-refractivity contribution in [3.63, 3.8) is 0 Å². The molecule has 2 aromatic carbocycles. The maximum atomic E-state index is 12.8. The van der Waals surface area contributed by atoms with Crippen LogP contribution in [0.3, 0.4) is 0 Å². The molecule has 0 aromatic heterocycles. The maximum Gasteiger partial charge on any atom is 0.320 e. The second kappa shape index (κ2) is 8.94. The Bertz CT molecular complexity index is 749. The van der Waals surface area contributed by atoms with Crippen molar-refractivity contribution in [1.29, 1.82) is 0 Å². The summed E-state index contributed by atoms with van der Waals surface area (Å²) in [6.45, 7) is 1.94. The van der Waals surface area contributed by atoms with E-state index in [1.54, 1.807) is 36.4 Å². The fraction of sp³-hybridized carbons (Fsp3) is 0.286. The lowest BCUT2D eigenvalue weighted by Gasteiger charge is -2.23. The minimum Gasteiger partial charge on any atom is -0.468 e. The number of esters is 2. The molecule has 1 atom stereocenters. The average Bonchev–Trinajstić information content (AvgIpc) is 2.68. The molecule has 0 saturated carbocycles. The number of carbonyl (C=O) groups excluding carboxylic acids is 3. The van der Waals surface area contributed by atoms with E-state index in [1.807, 2.05) is 25.1 Å². The molecule has 0 spiro atoms. The summed E-state index contributed by atoms with van der Waals surface area (Å²) in [5.41, 5.74) is 2.28. The van der Waals surface area contributed by atoms with Crippen LogP contribution in [0.1, 0.15) is 33.8 Å². The molecule has 0 bridgehead atoms. The molecule has 0 aliphatic rings. The number of ether oxygens (including phenoxy) is 2.